The molecule has 0 spiro atoms. The van der Waals surface area contributed by atoms with Gasteiger partial charge in [0.25, 0.3) is 5.91 Å². The predicted molar refractivity (Wildman–Crippen MR) is 109 cm³/mol. The summed E-state index contributed by atoms with van der Waals surface area (Å²) in [5.74, 6) is 0.116. The molecule has 0 aliphatic carbocycles. The zero-order chi connectivity index (χ0) is 20.6. The van der Waals surface area contributed by atoms with Crippen LogP contribution in [0.15, 0.2) is 53.7 Å². The summed E-state index contributed by atoms with van der Waals surface area (Å²) in [5, 5.41) is 3.33. The summed E-state index contributed by atoms with van der Waals surface area (Å²) in [6.07, 6.45) is 0. The first-order valence-corrected chi connectivity index (χ1v) is 10.9. The maximum Gasteiger partial charge on any atom is 0.270 e. The van der Waals surface area contributed by atoms with Gasteiger partial charge in [0.05, 0.1) is 12.9 Å². The first-order chi connectivity index (χ1) is 13.9. The lowest BCUT2D eigenvalue weighted by molar-refractivity contribution is 0.0942. The van der Waals surface area contributed by atoms with Crippen LogP contribution >= 0.6 is 11.6 Å². The van der Waals surface area contributed by atoms with Crippen molar-refractivity contribution in [1.29, 1.82) is 0 Å². The van der Waals surface area contributed by atoms with Gasteiger partial charge in [0.15, 0.2) is 0 Å². The molecule has 1 N–H and O–H groups in total. The van der Waals surface area contributed by atoms with Gasteiger partial charge in [-0.3, -0.25) is 4.79 Å². The van der Waals surface area contributed by atoms with E-state index in [0.717, 1.165) is 5.56 Å². The number of ether oxygens (including phenoxy) is 1. The SMILES string of the molecule is COc1cccc(-c2nc3n(c2C(=O)NCc2cccc(Cl)c2)CCS3(=O)=O)c1. The van der Waals surface area contributed by atoms with Gasteiger partial charge in [-0.15, -0.1) is 0 Å². The number of imidazole rings is 1. The molecule has 0 unspecified atom stereocenters. The number of nitrogens with zero attached hydrogens (tertiary/aromatic N) is 2. The summed E-state index contributed by atoms with van der Waals surface area (Å²) in [6, 6.07) is 14.2. The standard InChI is InChI=1S/C20H18ClN3O4S/c1-28-16-7-3-5-14(11-16)17-18(24-8-9-29(26,27)20(24)23-17)19(25)22-12-13-4-2-6-15(21)10-13/h2-7,10-11H,8-9,12H2,1H3,(H,22,25). The molecule has 2 heterocycles. The van der Waals surface area contributed by atoms with E-state index < -0.39 is 15.7 Å². The zero-order valence-corrected chi connectivity index (χ0v) is 17.1. The van der Waals surface area contributed by atoms with E-state index in [1.807, 2.05) is 6.07 Å². The van der Waals surface area contributed by atoms with Gasteiger partial charge in [0.2, 0.25) is 15.0 Å². The number of carbonyl (C=O) groups is 1. The van der Waals surface area contributed by atoms with E-state index in [2.05, 4.69) is 10.3 Å². The lowest BCUT2D eigenvalue weighted by Crippen LogP contribution is -2.26. The Hall–Kier alpha value is -2.84. The number of hydrogen-bond acceptors (Lipinski definition) is 5. The van der Waals surface area contributed by atoms with Crippen LogP contribution < -0.4 is 10.1 Å². The lowest BCUT2D eigenvalue weighted by Gasteiger charge is -2.10. The molecule has 1 amide bonds. The second-order valence-electron chi connectivity index (χ2n) is 6.61. The monoisotopic (exact) mass is 431 g/mol. The minimum atomic E-state index is -3.51. The molecule has 150 valence electrons. The predicted octanol–water partition coefficient (Wildman–Crippen LogP) is 2.93. The fraction of sp³-hybridized carbons (Fsp3) is 0.200. The third kappa shape index (κ3) is 3.73. The smallest absolute Gasteiger partial charge is 0.270 e. The van der Waals surface area contributed by atoms with Gasteiger partial charge in [-0.2, -0.15) is 0 Å². The van der Waals surface area contributed by atoms with Crippen LogP contribution in [0.25, 0.3) is 11.3 Å². The van der Waals surface area contributed by atoms with Crippen LogP contribution in [0, 0.1) is 0 Å². The molecule has 3 aromatic rings. The number of halogens is 1. The number of rotatable bonds is 5. The van der Waals surface area contributed by atoms with Gasteiger partial charge in [0.1, 0.15) is 17.1 Å². The first kappa shape index (κ1) is 19.5. The highest BCUT2D eigenvalue weighted by Gasteiger charge is 2.35. The average Bonchev–Trinajstić information content (AvgIpc) is 3.24. The highest BCUT2D eigenvalue weighted by Crippen LogP contribution is 2.31. The summed E-state index contributed by atoms with van der Waals surface area (Å²) >= 11 is 6.00. The largest absolute Gasteiger partial charge is 0.497 e. The summed E-state index contributed by atoms with van der Waals surface area (Å²) in [4.78, 5) is 17.4. The van der Waals surface area contributed by atoms with Crippen molar-refractivity contribution in [3.05, 3.63) is 64.8 Å². The van der Waals surface area contributed by atoms with Gasteiger partial charge in [-0.1, -0.05) is 35.9 Å². The molecule has 7 nitrogen and oxygen atoms in total. The van der Waals surface area contributed by atoms with E-state index in [0.29, 0.717) is 22.0 Å². The van der Waals surface area contributed by atoms with E-state index in [1.165, 1.54) is 11.7 Å². The highest BCUT2D eigenvalue weighted by molar-refractivity contribution is 7.91. The molecule has 29 heavy (non-hydrogen) atoms. The maximum absolute atomic E-state index is 13.1. The molecule has 0 saturated heterocycles. The Morgan fingerprint density at radius 1 is 1.24 bits per heavy atom. The molecule has 0 radical (unpaired) electrons. The van der Waals surface area contributed by atoms with Gasteiger partial charge in [-0.05, 0) is 29.8 Å². The molecular weight excluding hydrogens is 414 g/mol. The number of aromatic nitrogens is 2. The highest BCUT2D eigenvalue weighted by atomic mass is 35.5. The average molecular weight is 432 g/mol. The molecule has 0 atom stereocenters. The summed E-state index contributed by atoms with van der Waals surface area (Å²) in [7, 11) is -1.98. The van der Waals surface area contributed by atoms with E-state index in [-0.39, 0.29) is 29.7 Å². The fourth-order valence-electron chi connectivity index (χ4n) is 3.29. The molecule has 1 aliphatic rings. The number of benzene rings is 2. The van der Waals surface area contributed by atoms with E-state index in [1.54, 1.807) is 42.5 Å². The Balaban J connectivity index is 1.74. The van der Waals surface area contributed by atoms with Crippen LogP contribution in [0.4, 0.5) is 0 Å². The number of methoxy groups -OCH3 is 1. The fourth-order valence-corrected chi connectivity index (χ4v) is 4.86. The quantitative estimate of drug-likeness (QED) is 0.670. The van der Waals surface area contributed by atoms with Crippen molar-refractivity contribution in [1.82, 2.24) is 14.9 Å². The van der Waals surface area contributed by atoms with E-state index in [9.17, 15) is 13.2 Å². The van der Waals surface area contributed by atoms with Gasteiger partial charge in [0, 0.05) is 23.7 Å². The summed E-state index contributed by atoms with van der Waals surface area (Å²) < 4.78 is 31.4. The second kappa shape index (κ2) is 7.53. The van der Waals surface area contributed by atoms with E-state index in [4.69, 9.17) is 16.3 Å². The van der Waals surface area contributed by atoms with Crippen LogP contribution in [0.3, 0.4) is 0 Å². The Morgan fingerprint density at radius 3 is 2.79 bits per heavy atom. The summed E-state index contributed by atoms with van der Waals surface area (Å²) in [5.41, 5.74) is 1.97. The van der Waals surface area contributed by atoms with Crippen molar-refractivity contribution >= 4 is 27.3 Å². The maximum atomic E-state index is 13.1. The van der Waals surface area contributed by atoms with Gasteiger partial charge in [-0.25, -0.2) is 13.4 Å². The van der Waals surface area contributed by atoms with Gasteiger partial charge >= 0.3 is 0 Å². The van der Waals surface area contributed by atoms with Crippen molar-refractivity contribution in [2.45, 2.75) is 18.2 Å². The molecule has 2 aromatic carbocycles. The molecule has 0 fully saturated rings. The van der Waals surface area contributed by atoms with Crippen LogP contribution in [-0.2, 0) is 22.9 Å². The number of hydrogen-bond donors (Lipinski definition) is 1. The number of amides is 1. The van der Waals surface area contributed by atoms with Crippen molar-refractivity contribution < 1.29 is 17.9 Å². The Bertz CT molecular complexity index is 1200. The number of sulfone groups is 1. The third-order valence-electron chi connectivity index (χ3n) is 4.69. The first-order valence-electron chi connectivity index (χ1n) is 8.89. The van der Waals surface area contributed by atoms with E-state index >= 15 is 0 Å². The second-order valence-corrected chi connectivity index (χ2v) is 9.05. The topological polar surface area (TPSA) is 90.3 Å². The van der Waals surface area contributed by atoms with Crippen LogP contribution in [0.5, 0.6) is 5.75 Å². The van der Waals surface area contributed by atoms with Gasteiger partial charge < -0.3 is 14.6 Å². The summed E-state index contributed by atoms with van der Waals surface area (Å²) in [6.45, 7) is 0.443. The number of carbonyl (C=O) groups excluding carboxylic acids is 1. The number of nitrogens with one attached hydrogen (secondary N) is 1. The zero-order valence-electron chi connectivity index (χ0n) is 15.6. The molecule has 0 saturated carbocycles. The Kier molecular flexibility index (Phi) is 5.06. The van der Waals surface area contributed by atoms with Crippen molar-refractivity contribution in [2.75, 3.05) is 12.9 Å². The van der Waals surface area contributed by atoms with Crippen LogP contribution in [-0.4, -0.2) is 36.7 Å². The molecule has 9 heteroatoms. The molecule has 1 aromatic heterocycles. The lowest BCUT2D eigenvalue weighted by atomic mass is 10.1. The van der Waals surface area contributed by atoms with Crippen molar-refractivity contribution in [2.24, 2.45) is 0 Å². The minimum absolute atomic E-state index is 0.0672. The third-order valence-corrected chi connectivity index (χ3v) is 6.52. The van der Waals surface area contributed by atoms with Crippen LogP contribution in [0.1, 0.15) is 16.1 Å². The number of fused-ring (bicyclic) bond motifs is 1. The molecule has 1 aliphatic heterocycles. The molecule has 0 bridgehead atoms. The van der Waals surface area contributed by atoms with Crippen molar-refractivity contribution in [3.8, 4) is 17.0 Å². The molecule has 4 rings (SSSR count). The Morgan fingerprint density at radius 2 is 2.03 bits per heavy atom. The van der Waals surface area contributed by atoms with Crippen molar-refractivity contribution in [3.63, 3.8) is 0 Å². The molecular formula is C20H18ClN3O4S. The normalized spacial score (nSPS) is 14.4. The van der Waals surface area contributed by atoms with Crippen LogP contribution in [0.2, 0.25) is 5.02 Å². The Labute approximate surface area is 173 Å². The minimum Gasteiger partial charge on any atom is -0.497 e.